The zero-order valence-electron chi connectivity index (χ0n) is 12.7. The first-order chi connectivity index (χ1) is 10.3. The Balaban J connectivity index is 1.72. The van der Waals surface area contributed by atoms with Gasteiger partial charge < -0.3 is 15.0 Å². The molecule has 0 saturated carbocycles. The highest BCUT2D eigenvalue weighted by Gasteiger charge is 2.26. The van der Waals surface area contributed by atoms with E-state index in [4.69, 9.17) is 4.74 Å². The number of carbonyl (C=O) groups is 1. The van der Waals surface area contributed by atoms with Gasteiger partial charge in [-0.1, -0.05) is 12.1 Å². The maximum atomic E-state index is 12.6. The average molecular weight is 288 g/mol. The summed E-state index contributed by atoms with van der Waals surface area (Å²) in [4.78, 5) is 14.6. The smallest absolute Gasteiger partial charge is 0.227 e. The molecule has 1 atom stereocenters. The second-order valence-electron chi connectivity index (χ2n) is 6.01. The molecule has 1 aromatic carbocycles. The zero-order valence-corrected chi connectivity index (χ0v) is 12.7. The molecule has 1 aromatic rings. The number of carbonyl (C=O) groups excluding carboxylic acids is 1. The molecule has 2 aliphatic heterocycles. The molecule has 4 nitrogen and oxygen atoms in total. The number of para-hydroxylation sites is 1. The first-order valence-corrected chi connectivity index (χ1v) is 7.96. The van der Waals surface area contributed by atoms with E-state index >= 15 is 0 Å². The fourth-order valence-corrected chi connectivity index (χ4v) is 3.45. The van der Waals surface area contributed by atoms with Gasteiger partial charge in [0.2, 0.25) is 5.91 Å². The minimum absolute atomic E-state index is 0.243. The Kier molecular flexibility index (Phi) is 4.44. The molecule has 0 bridgehead atoms. The Morgan fingerprint density at radius 3 is 3.14 bits per heavy atom. The van der Waals surface area contributed by atoms with Gasteiger partial charge in [0, 0.05) is 13.0 Å². The zero-order chi connectivity index (χ0) is 14.7. The van der Waals surface area contributed by atoms with Gasteiger partial charge in [-0.2, -0.15) is 0 Å². The van der Waals surface area contributed by atoms with Crippen LogP contribution in [0.3, 0.4) is 0 Å². The van der Waals surface area contributed by atoms with E-state index in [1.807, 2.05) is 17.0 Å². The first-order valence-electron chi connectivity index (χ1n) is 7.96. The van der Waals surface area contributed by atoms with Gasteiger partial charge >= 0.3 is 0 Å². The van der Waals surface area contributed by atoms with Crippen molar-refractivity contribution in [1.82, 2.24) is 5.32 Å². The standard InChI is InChI=1S/C17H24N2O2/c1-21-15-6-2-4-14-5-3-11-19(17(14)15)16(20)8-7-13-9-10-18-12-13/h2,4,6,13,18H,3,5,7-12H2,1H3. The van der Waals surface area contributed by atoms with Gasteiger partial charge in [0.05, 0.1) is 12.8 Å². The number of benzene rings is 1. The van der Waals surface area contributed by atoms with Crippen molar-refractivity contribution in [3.8, 4) is 5.75 Å². The van der Waals surface area contributed by atoms with E-state index in [-0.39, 0.29) is 5.91 Å². The summed E-state index contributed by atoms with van der Waals surface area (Å²) in [6.45, 7) is 2.97. The minimum atomic E-state index is 0.243. The number of fused-ring (bicyclic) bond motifs is 1. The fraction of sp³-hybridized carbons (Fsp3) is 0.588. The van der Waals surface area contributed by atoms with Crippen molar-refractivity contribution in [3.05, 3.63) is 23.8 Å². The van der Waals surface area contributed by atoms with Crippen molar-refractivity contribution in [1.29, 1.82) is 0 Å². The Morgan fingerprint density at radius 2 is 2.38 bits per heavy atom. The second kappa shape index (κ2) is 6.48. The molecular weight excluding hydrogens is 264 g/mol. The van der Waals surface area contributed by atoms with Crippen molar-refractivity contribution in [2.75, 3.05) is 31.6 Å². The fourth-order valence-electron chi connectivity index (χ4n) is 3.45. The van der Waals surface area contributed by atoms with Gasteiger partial charge in [0.25, 0.3) is 0 Å². The number of hydrogen-bond acceptors (Lipinski definition) is 3. The van der Waals surface area contributed by atoms with E-state index in [1.54, 1.807) is 7.11 Å². The molecule has 1 amide bonds. The van der Waals surface area contributed by atoms with E-state index < -0.39 is 0 Å². The molecule has 0 radical (unpaired) electrons. The lowest BCUT2D eigenvalue weighted by Gasteiger charge is -2.31. The van der Waals surface area contributed by atoms with Gasteiger partial charge in [-0.25, -0.2) is 0 Å². The third kappa shape index (κ3) is 3.05. The van der Waals surface area contributed by atoms with Crippen LogP contribution in [0.15, 0.2) is 18.2 Å². The Bertz CT molecular complexity index is 495. The molecule has 0 aliphatic carbocycles. The monoisotopic (exact) mass is 288 g/mol. The van der Waals surface area contributed by atoms with Crippen LogP contribution >= 0.6 is 0 Å². The highest BCUT2D eigenvalue weighted by atomic mass is 16.5. The van der Waals surface area contributed by atoms with Crippen LogP contribution in [-0.4, -0.2) is 32.7 Å². The molecule has 1 unspecified atom stereocenters. The van der Waals surface area contributed by atoms with Crippen LogP contribution in [0, 0.1) is 5.92 Å². The number of rotatable bonds is 4. The summed E-state index contributed by atoms with van der Waals surface area (Å²) >= 11 is 0. The number of hydrogen-bond donors (Lipinski definition) is 1. The number of ether oxygens (including phenoxy) is 1. The van der Waals surface area contributed by atoms with Crippen LogP contribution in [0.2, 0.25) is 0 Å². The molecule has 114 valence electrons. The summed E-state index contributed by atoms with van der Waals surface area (Å²) in [6, 6.07) is 6.07. The highest BCUT2D eigenvalue weighted by Crippen LogP contribution is 2.36. The van der Waals surface area contributed by atoms with Gasteiger partial charge in [0.15, 0.2) is 0 Å². The van der Waals surface area contributed by atoms with Crippen molar-refractivity contribution in [2.24, 2.45) is 5.92 Å². The third-order valence-corrected chi connectivity index (χ3v) is 4.63. The molecule has 1 saturated heterocycles. The third-order valence-electron chi connectivity index (χ3n) is 4.63. The predicted molar refractivity (Wildman–Crippen MR) is 83.9 cm³/mol. The number of aryl methyl sites for hydroxylation is 1. The maximum Gasteiger partial charge on any atom is 0.227 e. The highest BCUT2D eigenvalue weighted by molar-refractivity contribution is 5.96. The topological polar surface area (TPSA) is 41.6 Å². The molecule has 4 heteroatoms. The molecular formula is C17H24N2O2. The van der Waals surface area contributed by atoms with E-state index in [0.717, 1.165) is 50.3 Å². The number of nitrogens with one attached hydrogen (secondary N) is 1. The number of anilines is 1. The molecule has 0 spiro atoms. The Morgan fingerprint density at radius 1 is 1.48 bits per heavy atom. The predicted octanol–water partition coefficient (Wildman–Crippen LogP) is 2.36. The minimum Gasteiger partial charge on any atom is -0.495 e. The number of nitrogens with zero attached hydrogens (tertiary/aromatic N) is 1. The lowest BCUT2D eigenvalue weighted by Crippen LogP contribution is -2.36. The first kappa shape index (κ1) is 14.4. The van der Waals surface area contributed by atoms with Crippen molar-refractivity contribution < 1.29 is 9.53 Å². The average Bonchev–Trinajstić information content (AvgIpc) is 3.04. The van der Waals surface area contributed by atoms with Gasteiger partial charge in [-0.3, -0.25) is 4.79 Å². The Hall–Kier alpha value is -1.55. The van der Waals surface area contributed by atoms with Crippen molar-refractivity contribution in [3.63, 3.8) is 0 Å². The molecule has 2 aliphatic rings. The second-order valence-corrected chi connectivity index (χ2v) is 6.01. The van der Waals surface area contributed by atoms with E-state index in [2.05, 4.69) is 11.4 Å². The molecule has 2 heterocycles. The molecule has 1 N–H and O–H groups in total. The summed E-state index contributed by atoms with van der Waals surface area (Å²) in [5.74, 6) is 1.73. The molecule has 21 heavy (non-hydrogen) atoms. The van der Waals surface area contributed by atoms with Crippen molar-refractivity contribution in [2.45, 2.75) is 32.1 Å². The SMILES string of the molecule is COc1cccc2c1N(C(=O)CCC1CCNC1)CCC2. The summed E-state index contributed by atoms with van der Waals surface area (Å²) in [7, 11) is 1.68. The maximum absolute atomic E-state index is 12.6. The van der Waals surface area contributed by atoms with Crippen LogP contribution in [-0.2, 0) is 11.2 Å². The Labute approximate surface area is 126 Å². The number of methoxy groups -OCH3 is 1. The van der Waals surface area contributed by atoms with Crippen LogP contribution < -0.4 is 15.0 Å². The summed E-state index contributed by atoms with van der Waals surface area (Å²) in [5, 5.41) is 3.36. The van der Waals surface area contributed by atoms with Crippen LogP contribution in [0.4, 0.5) is 5.69 Å². The van der Waals surface area contributed by atoms with Gasteiger partial charge in [0.1, 0.15) is 5.75 Å². The van der Waals surface area contributed by atoms with Crippen molar-refractivity contribution >= 4 is 11.6 Å². The van der Waals surface area contributed by atoms with E-state index in [9.17, 15) is 4.79 Å². The van der Waals surface area contributed by atoms with Gasteiger partial charge in [-0.15, -0.1) is 0 Å². The van der Waals surface area contributed by atoms with Gasteiger partial charge in [-0.05, 0) is 56.3 Å². The normalized spacial score (nSPS) is 21.2. The molecule has 0 aromatic heterocycles. The largest absolute Gasteiger partial charge is 0.495 e. The van der Waals surface area contributed by atoms with Crippen LogP contribution in [0.25, 0.3) is 0 Å². The lowest BCUT2D eigenvalue weighted by atomic mass is 9.98. The van der Waals surface area contributed by atoms with Crippen LogP contribution in [0.5, 0.6) is 5.75 Å². The summed E-state index contributed by atoms with van der Waals surface area (Å²) in [6.07, 6.45) is 4.91. The quantitative estimate of drug-likeness (QED) is 0.925. The van der Waals surface area contributed by atoms with E-state index in [0.29, 0.717) is 12.3 Å². The van der Waals surface area contributed by atoms with E-state index in [1.165, 1.54) is 12.0 Å². The van der Waals surface area contributed by atoms with Crippen LogP contribution in [0.1, 0.15) is 31.2 Å². The molecule has 1 fully saturated rings. The summed E-state index contributed by atoms with van der Waals surface area (Å²) < 4.78 is 5.47. The lowest BCUT2D eigenvalue weighted by molar-refractivity contribution is -0.119. The summed E-state index contributed by atoms with van der Waals surface area (Å²) in [5.41, 5.74) is 2.23. The number of amides is 1. The molecule has 3 rings (SSSR count).